The molecule has 4 rings (SSSR count). The molecule has 1 unspecified atom stereocenters. The fourth-order valence-corrected chi connectivity index (χ4v) is 3.19. The van der Waals surface area contributed by atoms with Gasteiger partial charge in [0, 0.05) is 12.7 Å². The number of nitrogens with zero attached hydrogens (tertiary/aromatic N) is 4. The number of aliphatic imine (C=N–C) groups is 1. The topological polar surface area (TPSA) is 92.0 Å². The van der Waals surface area contributed by atoms with Gasteiger partial charge in [0.15, 0.2) is 5.84 Å². The maximum absolute atomic E-state index is 12.3. The number of amidine groups is 1. The minimum atomic E-state index is -4.75. The lowest BCUT2D eigenvalue weighted by Gasteiger charge is -2.09. The van der Waals surface area contributed by atoms with Crippen LogP contribution in [0, 0.1) is 6.92 Å². The fourth-order valence-electron chi connectivity index (χ4n) is 3.19. The maximum atomic E-state index is 12.3. The Bertz CT molecular complexity index is 1150. The van der Waals surface area contributed by atoms with E-state index in [4.69, 9.17) is 14.3 Å². The second-order valence-electron chi connectivity index (χ2n) is 7.29. The molecule has 34 heavy (non-hydrogen) atoms. The molecular weight excluding hydrogens is 455 g/mol. The van der Waals surface area contributed by atoms with Crippen LogP contribution in [0.4, 0.5) is 13.2 Å². The second kappa shape index (κ2) is 10.1. The van der Waals surface area contributed by atoms with Gasteiger partial charge in [-0.2, -0.15) is 5.10 Å². The van der Waals surface area contributed by atoms with E-state index in [1.54, 1.807) is 11.8 Å². The van der Waals surface area contributed by atoms with E-state index in [0.717, 1.165) is 11.3 Å². The first-order chi connectivity index (χ1) is 16.3. The molecule has 1 N–H and O–H groups in total. The summed E-state index contributed by atoms with van der Waals surface area (Å²) in [7, 11) is 1.62. The van der Waals surface area contributed by atoms with Crippen LogP contribution in [0.3, 0.4) is 0 Å². The molecule has 1 aliphatic rings. The first kappa shape index (κ1) is 23.5. The fraction of sp³-hybridized carbons (Fsp3) is 0.318. The Labute approximate surface area is 193 Å². The predicted octanol–water partition coefficient (Wildman–Crippen LogP) is 3.54. The molecule has 0 fully saturated rings. The molecule has 0 spiro atoms. The van der Waals surface area contributed by atoms with Gasteiger partial charge >= 0.3 is 6.36 Å². The van der Waals surface area contributed by atoms with E-state index in [2.05, 4.69) is 25.3 Å². The van der Waals surface area contributed by atoms with Gasteiger partial charge in [-0.25, -0.2) is 25.0 Å². The van der Waals surface area contributed by atoms with Crippen molar-refractivity contribution in [3.63, 3.8) is 0 Å². The van der Waals surface area contributed by atoms with Crippen molar-refractivity contribution in [3.8, 4) is 11.5 Å². The van der Waals surface area contributed by atoms with Crippen LogP contribution in [0.2, 0.25) is 0 Å². The summed E-state index contributed by atoms with van der Waals surface area (Å²) in [4.78, 5) is 14.3. The molecule has 0 bridgehead atoms. The summed E-state index contributed by atoms with van der Waals surface area (Å²) < 4.78 is 53.2. The average Bonchev–Trinajstić information content (AvgIpc) is 3.41. The first-order valence-corrected chi connectivity index (χ1v) is 10.3. The summed E-state index contributed by atoms with van der Waals surface area (Å²) in [5, 5.41) is 4.50. The number of methoxy groups -OCH3 is 1. The van der Waals surface area contributed by atoms with Crippen molar-refractivity contribution in [2.24, 2.45) is 4.99 Å². The number of nitrogens with one attached hydrogen (secondary N) is 1. The van der Waals surface area contributed by atoms with Crippen molar-refractivity contribution in [2.45, 2.75) is 26.1 Å². The number of alkyl halides is 3. The van der Waals surface area contributed by atoms with Crippen LogP contribution in [0.5, 0.6) is 11.5 Å². The zero-order valence-corrected chi connectivity index (χ0v) is 18.4. The summed E-state index contributed by atoms with van der Waals surface area (Å²) in [5.41, 5.74) is 4.17. The molecule has 0 radical (unpaired) electrons. The molecule has 1 aliphatic heterocycles. The second-order valence-corrected chi connectivity index (χ2v) is 7.29. The third kappa shape index (κ3) is 6.02. The zero-order valence-electron chi connectivity index (χ0n) is 18.4. The molecule has 180 valence electrons. The Hall–Kier alpha value is -3.64. The predicted molar refractivity (Wildman–Crippen MR) is 114 cm³/mol. The van der Waals surface area contributed by atoms with E-state index in [1.807, 2.05) is 31.2 Å². The molecule has 2 aromatic carbocycles. The minimum Gasteiger partial charge on any atom is -0.491 e. The van der Waals surface area contributed by atoms with E-state index >= 15 is 0 Å². The van der Waals surface area contributed by atoms with Crippen molar-refractivity contribution >= 4 is 5.84 Å². The summed E-state index contributed by atoms with van der Waals surface area (Å²) in [6, 6.07) is 12.9. The lowest BCUT2D eigenvalue weighted by Crippen LogP contribution is -2.19. The molecular formula is C22H22F3N5O4. The quantitative estimate of drug-likeness (QED) is 0.472. The molecule has 0 aliphatic carbocycles. The molecule has 1 aromatic heterocycles. The number of aryl methyl sites for hydroxylation is 1. The van der Waals surface area contributed by atoms with Gasteiger partial charge in [0.25, 0.3) is 0 Å². The van der Waals surface area contributed by atoms with Gasteiger partial charge in [0.2, 0.25) is 12.1 Å². The Morgan fingerprint density at radius 3 is 2.62 bits per heavy atom. The first-order valence-electron chi connectivity index (χ1n) is 10.3. The highest BCUT2D eigenvalue weighted by Crippen LogP contribution is 2.25. The van der Waals surface area contributed by atoms with Gasteiger partial charge in [-0.15, -0.1) is 13.2 Å². The standard InChI is InChI=1S/C22H22F3N5O4/c1-14-26-20(28-30(14)13-15-4-3-5-18(12-15)32-11-10-31-2)21-27-19(29-34-21)16-6-8-17(9-7-16)33-22(23,24)25/h3-9,12,21H,10-11,13H2,1-2H3,(H,27,29). The molecule has 0 amide bonds. The normalized spacial score (nSPS) is 15.7. The summed E-state index contributed by atoms with van der Waals surface area (Å²) in [6.07, 6.45) is -5.55. The van der Waals surface area contributed by atoms with E-state index in [0.29, 0.717) is 42.8 Å². The molecule has 1 atom stereocenters. The Morgan fingerprint density at radius 2 is 1.88 bits per heavy atom. The van der Waals surface area contributed by atoms with E-state index in [1.165, 1.54) is 24.3 Å². The van der Waals surface area contributed by atoms with Crippen molar-refractivity contribution in [2.75, 3.05) is 20.3 Å². The third-order valence-corrected chi connectivity index (χ3v) is 4.76. The Kier molecular flexibility index (Phi) is 6.98. The van der Waals surface area contributed by atoms with Crippen LogP contribution in [-0.2, 0) is 16.1 Å². The highest BCUT2D eigenvalue weighted by atomic mass is 19.4. The molecule has 9 nitrogen and oxygen atoms in total. The third-order valence-electron chi connectivity index (χ3n) is 4.76. The van der Waals surface area contributed by atoms with Crippen LogP contribution < -0.4 is 15.0 Å². The van der Waals surface area contributed by atoms with Crippen molar-refractivity contribution in [1.82, 2.24) is 20.2 Å². The monoisotopic (exact) mass is 477 g/mol. The number of hydroxylamine groups is 1. The van der Waals surface area contributed by atoms with Crippen LogP contribution in [0.1, 0.15) is 29.0 Å². The highest BCUT2D eigenvalue weighted by Gasteiger charge is 2.31. The highest BCUT2D eigenvalue weighted by molar-refractivity contribution is 5.98. The molecule has 12 heteroatoms. The van der Waals surface area contributed by atoms with E-state index in [-0.39, 0.29) is 5.75 Å². The number of aromatic nitrogens is 3. The maximum Gasteiger partial charge on any atom is 0.573 e. The Morgan fingerprint density at radius 1 is 1.09 bits per heavy atom. The number of halogens is 3. The van der Waals surface area contributed by atoms with Crippen LogP contribution in [-0.4, -0.2) is 47.3 Å². The number of hydrogen-bond acceptors (Lipinski definition) is 8. The molecule has 0 saturated heterocycles. The number of ether oxygens (including phenoxy) is 3. The van der Waals surface area contributed by atoms with Crippen LogP contribution in [0.25, 0.3) is 0 Å². The smallest absolute Gasteiger partial charge is 0.491 e. The zero-order chi connectivity index (χ0) is 24.1. The van der Waals surface area contributed by atoms with Gasteiger partial charge < -0.3 is 14.2 Å². The van der Waals surface area contributed by atoms with Gasteiger partial charge in [0.1, 0.15) is 23.9 Å². The summed E-state index contributed by atoms with van der Waals surface area (Å²) in [6.45, 7) is 3.25. The summed E-state index contributed by atoms with van der Waals surface area (Å²) in [5.74, 6) is 1.78. The van der Waals surface area contributed by atoms with Gasteiger partial charge in [-0.05, 0) is 48.9 Å². The van der Waals surface area contributed by atoms with Gasteiger partial charge in [0.05, 0.1) is 13.2 Å². The molecule has 2 heterocycles. The van der Waals surface area contributed by atoms with Gasteiger partial charge in [-0.3, -0.25) is 0 Å². The number of hydrogen-bond donors (Lipinski definition) is 1. The SMILES string of the molecule is COCCOc1cccc(Cn2nc(C3N=C(c4ccc(OC(F)(F)F)cc4)NO3)nc2C)c1. The lowest BCUT2D eigenvalue weighted by atomic mass is 10.2. The van der Waals surface area contributed by atoms with Crippen molar-refractivity contribution < 1.29 is 32.2 Å². The van der Waals surface area contributed by atoms with Crippen molar-refractivity contribution in [1.29, 1.82) is 0 Å². The van der Waals surface area contributed by atoms with E-state index < -0.39 is 12.6 Å². The largest absolute Gasteiger partial charge is 0.573 e. The van der Waals surface area contributed by atoms with E-state index in [9.17, 15) is 13.2 Å². The Balaban J connectivity index is 1.43. The van der Waals surface area contributed by atoms with Crippen molar-refractivity contribution in [3.05, 3.63) is 71.3 Å². The van der Waals surface area contributed by atoms with Crippen LogP contribution >= 0.6 is 0 Å². The molecule has 3 aromatic rings. The number of rotatable bonds is 9. The number of benzene rings is 2. The average molecular weight is 477 g/mol. The summed E-state index contributed by atoms with van der Waals surface area (Å²) >= 11 is 0. The lowest BCUT2D eigenvalue weighted by molar-refractivity contribution is -0.274. The van der Waals surface area contributed by atoms with Crippen LogP contribution in [0.15, 0.2) is 53.5 Å². The minimum absolute atomic E-state index is 0.323. The molecule has 0 saturated carbocycles. The van der Waals surface area contributed by atoms with Gasteiger partial charge in [-0.1, -0.05) is 12.1 Å².